The molecule has 0 amide bonds. The second-order valence-electron chi connectivity index (χ2n) is 5.08. The van der Waals surface area contributed by atoms with E-state index in [9.17, 15) is 0 Å². The van der Waals surface area contributed by atoms with Crippen molar-refractivity contribution in [3.63, 3.8) is 0 Å². The molecule has 17 heavy (non-hydrogen) atoms. The average Bonchev–Trinajstić information content (AvgIpc) is 2.68. The van der Waals surface area contributed by atoms with Crippen LogP contribution < -0.4 is 5.32 Å². The molecule has 1 N–H and O–H groups in total. The molecule has 0 spiro atoms. The summed E-state index contributed by atoms with van der Waals surface area (Å²) >= 11 is 4.44. The molecule has 0 bridgehead atoms. The Bertz CT molecular complexity index is 361. The summed E-state index contributed by atoms with van der Waals surface area (Å²) in [5.41, 5.74) is 1.59. The highest BCUT2D eigenvalue weighted by Gasteiger charge is 2.23. The van der Waals surface area contributed by atoms with Crippen molar-refractivity contribution in [3.8, 4) is 0 Å². The molecule has 0 radical (unpaired) electrons. The Morgan fingerprint density at radius 2 is 2.41 bits per heavy atom. The van der Waals surface area contributed by atoms with Crippen LogP contribution in [-0.4, -0.2) is 6.04 Å². The summed E-state index contributed by atoms with van der Waals surface area (Å²) in [6.45, 7) is 4.61. The first-order chi connectivity index (χ1) is 8.20. The smallest absolute Gasteiger partial charge is 0.0659 e. The summed E-state index contributed by atoms with van der Waals surface area (Å²) in [7, 11) is 0. The van der Waals surface area contributed by atoms with E-state index in [0.29, 0.717) is 12.1 Å². The van der Waals surface area contributed by atoms with E-state index in [4.69, 9.17) is 0 Å². The molecular formula is C14H22INS. The predicted octanol–water partition coefficient (Wildman–Crippen LogP) is 4.90. The third-order valence-corrected chi connectivity index (χ3v) is 5.53. The van der Waals surface area contributed by atoms with Gasteiger partial charge in [-0.3, -0.25) is 0 Å². The largest absolute Gasteiger partial charge is 0.307 e. The highest BCUT2D eigenvalue weighted by Crippen LogP contribution is 2.36. The molecule has 0 saturated carbocycles. The van der Waals surface area contributed by atoms with E-state index in [1.165, 1.54) is 41.4 Å². The summed E-state index contributed by atoms with van der Waals surface area (Å²) in [5.74, 6) is 0. The molecule has 1 aliphatic rings. The van der Waals surface area contributed by atoms with E-state index >= 15 is 0 Å². The molecule has 1 aromatic heterocycles. The standard InChI is InChI=1S/C14H22INS/c1-3-4-6-10(2)16-12-7-5-8-13-11(12)9-14(15)17-13/h9-10,12,16H,3-8H2,1-2H3. The van der Waals surface area contributed by atoms with Crippen molar-refractivity contribution >= 4 is 33.9 Å². The average molecular weight is 363 g/mol. The van der Waals surface area contributed by atoms with Crippen molar-refractivity contribution < 1.29 is 0 Å². The fraction of sp³-hybridized carbons (Fsp3) is 0.714. The lowest BCUT2D eigenvalue weighted by Gasteiger charge is -2.27. The van der Waals surface area contributed by atoms with Gasteiger partial charge in [0.1, 0.15) is 0 Å². The van der Waals surface area contributed by atoms with Crippen molar-refractivity contribution in [1.82, 2.24) is 5.32 Å². The minimum Gasteiger partial charge on any atom is -0.307 e. The number of thiophene rings is 1. The Morgan fingerprint density at radius 3 is 3.18 bits per heavy atom. The number of rotatable bonds is 5. The lowest BCUT2D eigenvalue weighted by Crippen LogP contribution is -2.32. The number of halogens is 1. The third-order valence-electron chi connectivity index (χ3n) is 3.56. The molecule has 0 fully saturated rings. The lowest BCUT2D eigenvalue weighted by atomic mass is 9.93. The third kappa shape index (κ3) is 3.67. The monoisotopic (exact) mass is 363 g/mol. The molecule has 1 aromatic rings. The normalized spacial score (nSPS) is 21.2. The predicted molar refractivity (Wildman–Crippen MR) is 84.8 cm³/mol. The van der Waals surface area contributed by atoms with Gasteiger partial charge < -0.3 is 5.32 Å². The van der Waals surface area contributed by atoms with Gasteiger partial charge in [-0.2, -0.15) is 0 Å². The van der Waals surface area contributed by atoms with Gasteiger partial charge in [-0.1, -0.05) is 19.8 Å². The Labute approximate surface area is 123 Å². The summed E-state index contributed by atoms with van der Waals surface area (Å²) in [6.07, 6.45) is 7.92. The Kier molecular flexibility index (Phi) is 5.30. The van der Waals surface area contributed by atoms with Crippen LogP contribution in [0, 0.1) is 2.88 Å². The quantitative estimate of drug-likeness (QED) is 0.734. The Balaban J connectivity index is 1.98. The van der Waals surface area contributed by atoms with Gasteiger partial charge in [0.05, 0.1) is 2.88 Å². The summed E-state index contributed by atoms with van der Waals surface area (Å²) in [5, 5.41) is 3.83. The van der Waals surface area contributed by atoms with Crippen LogP contribution in [0.5, 0.6) is 0 Å². The van der Waals surface area contributed by atoms with Gasteiger partial charge in [-0.25, -0.2) is 0 Å². The number of fused-ring (bicyclic) bond motifs is 1. The lowest BCUT2D eigenvalue weighted by molar-refractivity contribution is 0.391. The summed E-state index contributed by atoms with van der Waals surface area (Å²) in [4.78, 5) is 1.63. The molecule has 2 rings (SSSR count). The maximum Gasteiger partial charge on any atom is 0.0659 e. The van der Waals surface area contributed by atoms with Gasteiger partial charge in [0.25, 0.3) is 0 Å². The molecule has 1 nitrogen and oxygen atoms in total. The number of nitrogens with one attached hydrogen (secondary N) is 1. The van der Waals surface area contributed by atoms with Crippen LogP contribution in [0.4, 0.5) is 0 Å². The molecule has 2 atom stereocenters. The topological polar surface area (TPSA) is 12.0 Å². The zero-order chi connectivity index (χ0) is 12.3. The van der Waals surface area contributed by atoms with Crippen molar-refractivity contribution in [2.75, 3.05) is 0 Å². The highest BCUT2D eigenvalue weighted by atomic mass is 127. The van der Waals surface area contributed by atoms with Gasteiger partial charge in [0, 0.05) is 17.0 Å². The first-order valence-corrected chi connectivity index (χ1v) is 8.64. The first kappa shape index (κ1) is 13.8. The minimum absolute atomic E-state index is 0.616. The van der Waals surface area contributed by atoms with E-state index in [1.54, 1.807) is 10.4 Å². The van der Waals surface area contributed by atoms with E-state index in [0.717, 1.165) is 0 Å². The maximum absolute atomic E-state index is 3.83. The first-order valence-electron chi connectivity index (χ1n) is 6.75. The van der Waals surface area contributed by atoms with Crippen LogP contribution in [0.2, 0.25) is 0 Å². The van der Waals surface area contributed by atoms with E-state index < -0.39 is 0 Å². The molecule has 1 aliphatic carbocycles. The van der Waals surface area contributed by atoms with Crippen LogP contribution in [-0.2, 0) is 6.42 Å². The summed E-state index contributed by atoms with van der Waals surface area (Å²) < 4.78 is 1.45. The molecule has 3 heteroatoms. The number of aryl methyl sites for hydroxylation is 1. The SMILES string of the molecule is CCCCC(C)NC1CCCc2sc(I)cc21. The van der Waals surface area contributed by atoms with Crippen LogP contribution in [0.3, 0.4) is 0 Å². The molecule has 0 aromatic carbocycles. The zero-order valence-electron chi connectivity index (χ0n) is 10.8. The van der Waals surface area contributed by atoms with Crippen molar-refractivity contribution in [2.24, 2.45) is 0 Å². The molecule has 1 heterocycles. The van der Waals surface area contributed by atoms with Gasteiger partial charge in [-0.05, 0) is 66.8 Å². The fourth-order valence-electron chi connectivity index (χ4n) is 2.63. The van der Waals surface area contributed by atoms with Crippen LogP contribution in [0.15, 0.2) is 6.07 Å². The van der Waals surface area contributed by atoms with Gasteiger partial charge in [-0.15, -0.1) is 11.3 Å². The van der Waals surface area contributed by atoms with E-state index in [2.05, 4.69) is 47.8 Å². The van der Waals surface area contributed by atoms with Crippen LogP contribution >= 0.6 is 33.9 Å². The fourth-order valence-corrected chi connectivity index (χ4v) is 4.75. The van der Waals surface area contributed by atoms with Crippen LogP contribution in [0.25, 0.3) is 0 Å². The molecule has 96 valence electrons. The van der Waals surface area contributed by atoms with Crippen molar-refractivity contribution in [3.05, 3.63) is 19.4 Å². The number of unbranched alkanes of at least 4 members (excludes halogenated alkanes) is 1. The molecule has 2 unspecified atom stereocenters. The second kappa shape index (κ2) is 6.53. The van der Waals surface area contributed by atoms with Crippen LogP contribution in [0.1, 0.15) is 62.4 Å². The van der Waals surface area contributed by atoms with Gasteiger partial charge >= 0.3 is 0 Å². The number of hydrogen-bond acceptors (Lipinski definition) is 2. The Morgan fingerprint density at radius 1 is 1.59 bits per heavy atom. The highest BCUT2D eigenvalue weighted by molar-refractivity contribution is 14.1. The van der Waals surface area contributed by atoms with Gasteiger partial charge in [0.15, 0.2) is 0 Å². The van der Waals surface area contributed by atoms with E-state index in [-0.39, 0.29) is 0 Å². The van der Waals surface area contributed by atoms with E-state index in [1.807, 2.05) is 11.3 Å². The minimum atomic E-state index is 0.616. The Hall–Kier alpha value is 0.390. The van der Waals surface area contributed by atoms with Crippen molar-refractivity contribution in [2.45, 2.75) is 64.5 Å². The van der Waals surface area contributed by atoms with Crippen molar-refractivity contribution in [1.29, 1.82) is 0 Å². The van der Waals surface area contributed by atoms with Gasteiger partial charge in [0.2, 0.25) is 0 Å². The molecule has 0 aliphatic heterocycles. The zero-order valence-corrected chi connectivity index (χ0v) is 13.7. The molecule has 0 saturated heterocycles. The maximum atomic E-state index is 3.83. The second-order valence-corrected chi connectivity index (χ2v) is 8.11. The number of hydrogen-bond donors (Lipinski definition) is 1. The summed E-state index contributed by atoms with van der Waals surface area (Å²) in [6, 6.07) is 3.66. The molecular weight excluding hydrogens is 341 g/mol.